The molecular weight excluding hydrogens is 438 g/mol. The zero-order valence-corrected chi connectivity index (χ0v) is 21.8. The van der Waals surface area contributed by atoms with Crippen molar-refractivity contribution in [1.82, 2.24) is 5.32 Å². The Bertz CT molecular complexity index is 964. The van der Waals surface area contributed by atoms with Gasteiger partial charge in [-0.2, -0.15) is 0 Å². The predicted octanol–water partition coefficient (Wildman–Crippen LogP) is 5.83. The van der Waals surface area contributed by atoms with Gasteiger partial charge in [0.15, 0.2) is 0 Å². The Hall–Kier alpha value is -2.89. The fraction of sp³-hybridized carbons (Fsp3) is 0.345. The van der Waals surface area contributed by atoms with Gasteiger partial charge in [0.05, 0.1) is 12.6 Å². The van der Waals surface area contributed by atoms with E-state index in [0.717, 1.165) is 18.4 Å². The van der Waals surface area contributed by atoms with Gasteiger partial charge < -0.3 is 14.5 Å². The summed E-state index contributed by atoms with van der Waals surface area (Å²) in [5.41, 5.74) is 1.07. The number of nitrogens with one attached hydrogen (secondary N) is 1. The lowest BCUT2D eigenvalue weighted by Crippen LogP contribution is -2.66. The molecule has 1 N–H and O–H groups in total. The number of carbonyl (C=O) groups is 1. The first-order valence-corrected chi connectivity index (χ1v) is 14.0. The SMILES string of the molecule is CCOC(=O)NC(CCCO[Si](c1ccccc1)(c1ccccc1)C(C)(C)C)c1ccccc1. The molecule has 0 fully saturated rings. The summed E-state index contributed by atoms with van der Waals surface area (Å²) in [4.78, 5) is 12.2. The third-order valence-electron chi connectivity index (χ3n) is 6.14. The molecule has 0 aliphatic carbocycles. The Labute approximate surface area is 205 Å². The minimum atomic E-state index is -2.56. The average Bonchev–Trinajstić information content (AvgIpc) is 2.84. The second kappa shape index (κ2) is 12.0. The van der Waals surface area contributed by atoms with Gasteiger partial charge in [-0.3, -0.25) is 0 Å². The summed E-state index contributed by atoms with van der Waals surface area (Å²) >= 11 is 0. The Kier molecular flexibility index (Phi) is 9.08. The van der Waals surface area contributed by atoms with Crippen molar-refractivity contribution in [3.8, 4) is 0 Å². The molecule has 0 saturated carbocycles. The van der Waals surface area contributed by atoms with Gasteiger partial charge in [0, 0.05) is 6.61 Å². The molecule has 0 aliphatic heterocycles. The summed E-state index contributed by atoms with van der Waals surface area (Å²) in [5, 5.41) is 5.51. The van der Waals surface area contributed by atoms with Gasteiger partial charge in [-0.25, -0.2) is 4.79 Å². The molecule has 3 aromatic carbocycles. The molecule has 180 valence electrons. The molecule has 0 saturated heterocycles. The summed E-state index contributed by atoms with van der Waals surface area (Å²) in [6.07, 6.45) is 1.20. The molecule has 0 radical (unpaired) electrons. The summed E-state index contributed by atoms with van der Waals surface area (Å²) in [7, 11) is -2.56. The van der Waals surface area contributed by atoms with Gasteiger partial charge in [-0.1, -0.05) is 112 Å². The first-order chi connectivity index (χ1) is 16.4. The smallest absolute Gasteiger partial charge is 0.407 e. The Balaban J connectivity index is 1.82. The lowest BCUT2D eigenvalue weighted by molar-refractivity contribution is 0.146. The molecular formula is C29H37NO3Si. The van der Waals surface area contributed by atoms with Crippen molar-refractivity contribution in [2.75, 3.05) is 13.2 Å². The van der Waals surface area contributed by atoms with E-state index in [-0.39, 0.29) is 17.2 Å². The molecule has 0 aliphatic rings. The number of alkyl carbamates (subject to hydrolysis) is 1. The maximum absolute atomic E-state index is 12.2. The topological polar surface area (TPSA) is 47.6 Å². The summed E-state index contributed by atoms with van der Waals surface area (Å²) in [6, 6.07) is 31.3. The second-order valence-corrected chi connectivity index (χ2v) is 13.8. The van der Waals surface area contributed by atoms with Crippen LogP contribution in [-0.2, 0) is 9.16 Å². The number of ether oxygens (including phenoxy) is 1. The third-order valence-corrected chi connectivity index (χ3v) is 11.2. The van der Waals surface area contributed by atoms with Gasteiger partial charge >= 0.3 is 6.09 Å². The van der Waals surface area contributed by atoms with Crippen molar-refractivity contribution in [3.63, 3.8) is 0 Å². The standard InChI is InChI=1S/C29H37NO3Si/c1-5-32-28(31)30-27(24-16-9-6-10-17-24)22-15-23-33-34(29(2,3)4,25-18-11-7-12-19-25)26-20-13-8-14-21-26/h6-14,16-21,27H,5,15,22-23H2,1-4H3,(H,30,31). The molecule has 3 rings (SSSR count). The normalized spacial score (nSPS) is 12.7. The van der Waals surface area contributed by atoms with E-state index in [1.54, 1.807) is 0 Å². The van der Waals surface area contributed by atoms with Gasteiger partial charge in [-0.15, -0.1) is 0 Å². The molecule has 1 unspecified atom stereocenters. The fourth-order valence-corrected chi connectivity index (χ4v) is 9.20. The van der Waals surface area contributed by atoms with Crippen molar-refractivity contribution in [2.45, 2.75) is 51.6 Å². The van der Waals surface area contributed by atoms with Crippen LogP contribution in [0.25, 0.3) is 0 Å². The first kappa shape index (κ1) is 25.7. The van der Waals surface area contributed by atoms with Crippen molar-refractivity contribution in [1.29, 1.82) is 0 Å². The second-order valence-electron chi connectivity index (χ2n) is 9.48. The van der Waals surface area contributed by atoms with Crippen molar-refractivity contribution >= 4 is 24.8 Å². The Morgan fingerprint density at radius 3 is 1.82 bits per heavy atom. The Morgan fingerprint density at radius 1 is 0.853 bits per heavy atom. The van der Waals surface area contributed by atoms with Crippen LogP contribution in [0.2, 0.25) is 5.04 Å². The molecule has 0 bridgehead atoms. The zero-order valence-electron chi connectivity index (χ0n) is 20.8. The van der Waals surface area contributed by atoms with E-state index in [1.165, 1.54) is 10.4 Å². The lowest BCUT2D eigenvalue weighted by atomic mass is 10.0. The van der Waals surface area contributed by atoms with Gasteiger partial charge in [-0.05, 0) is 40.7 Å². The molecule has 5 heteroatoms. The highest BCUT2D eigenvalue weighted by atomic mass is 28.4. The van der Waals surface area contributed by atoms with Gasteiger partial charge in [0.25, 0.3) is 8.32 Å². The molecule has 0 aromatic heterocycles. The van der Waals surface area contributed by atoms with Crippen LogP contribution in [0.15, 0.2) is 91.0 Å². The largest absolute Gasteiger partial charge is 0.450 e. The monoisotopic (exact) mass is 475 g/mol. The molecule has 0 heterocycles. The summed E-state index contributed by atoms with van der Waals surface area (Å²) in [6.45, 7) is 9.64. The van der Waals surface area contributed by atoms with Crippen molar-refractivity contribution in [2.24, 2.45) is 0 Å². The first-order valence-electron chi connectivity index (χ1n) is 12.1. The zero-order chi connectivity index (χ0) is 24.4. The van der Waals surface area contributed by atoms with Crippen LogP contribution in [0.3, 0.4) is 0 Å². The number of rotatable bonds is 10. The van der Waals surface area contributed by atoms with E-state index < -0.39 is 8.32 Å². The van der Waals surface area contributed by atoms with Crippen LogP contribution < -0.4 is 15.7 Å². The number of carbonyl (C=O) groups excluding carboxylic acids is 1. The molecule has 3 aromatic rings. The van der Waals surface area contributed by atoms with Crippen LogP contribution >= 0.6 is 0 Å². The van der Waals surface area contributed by atoms with Crippen molar-refractivity contribution in [3.05, 3.63) is 96.6 Å². The number of hydrogen-bond acceptors (Lipinski definition) is 3. The van der Waals surface area contributed by atoms with Crippen LogP contribution in [0.1, 0.15) is 52.1 Å². The molecule has 0 spiro atoms. The average molecular weight is 476 g/mol. The van der Waals surface area contributed by atoms with E-state index in [4.69, 9.17) is 9.16 Å². The number of hydrogen-bond donors (Lipinski definition) is 1. The lowest BCUT2D eigenvalue weighted by Gasteiger charge is -2.43. The predicted molar refractivity (Wildman–Crippen MR) is 142 cm³/mol. The van der Waals surface area contributed by atoms with Crippen LogP contribution in [0, 0.1) is 0 Å². The van der Waals surface area contributed by atoms with Crippen molar-refractivity contribution < 1.29 is 14.0 Å². The minimum absolute atomic E-state index is 0.0578. The van der Waals surface area contributed by atoms with E-state index in [9.17, 15) is 4.79 Å². The van der Waals surface area contributed by atoms with Crippen LogP contribution in [0.4, 0.5) is 4.79 Å². The van der Waals surface area contributed by atoms with Gasteiger partial charge in [0.1, 0.15) is 0 Å². The highest BCUT2D eigenvalue weighted by molar-refractivity contribution is 6.99. The highest BCUT2D eigenvalue weighted by Gasteiger charge is 2.49. The van der Waals surface area contributed by atoms with Crippen LogP contribution in [-0.4, -0.2) is 27.6 Å². The summed E-state index contributed by atoms with van der Waals surface area (Å²) in [5.74, 6) is 0. The third kappa shape index (κ3) is 6.16. The van der Waals surface area contributed by atoms with E-state index >= 15 is 0 Å². The number of benzene rings is 3. The minimum Gasteiger partial charge on any atom is -0.450 e. The number of amides is 1. The summed E-state index contributed by atoms with van der Waals surface area (Å²) < 4.78 is 12.1. The maximum atomic E-state index is 12.2. The van der Waals surface area contributed by atoms with E-state index in [0.29, 0.717) is 13.2 Å². The molecule has 34 heavy (non-hydrogen) atoms. The molecule has 1 amide bonds. The van der Waals surface area contributed by atoms with E-state index in [2.05, 4.69) is 86.8 Å². The highest BCUT2D eigenvalue weighted by Crippen LogP contribution is 2.37. The Morgan fingerprint density at radius 2 is 1.35 bits per heavy atom. The maximum Gasteiger partial charge on any atom is 0.407 e. The van der Waals surface area contributed by atoms with E-state index in [1.807, 2.05) is 37.3 Å². The van der Waals surface area contributed by atoms with Crippen LogP contribution in [0.5, 0.6) is 0 Å². The van der Waals surface area contributed by atoms with Gasteiger partial charge in [0.2, 0.25) is 0 Å². The fourth-order valence-electron chi connectivity index (χ4n) is 4.60. The molecule has 1 atom stereocenters. The molecule has 4 nitrogen and oxygen atoms in total. The quantitative estimate of drug-likeness (QED) is 0.296.